The Labute approximate surface area is 113 Å². The molecule has 4 heteroatoms. The molecule has 1 aromatic heterocycles. The van der Waals surface area contributed by atoms with Gasteiger partial charge in [0.2, 0.25) is 0 Å². The van der Waals surface area contributed by atoms with E-state index >= 15 is 0 Å². The van der Waals surface area contributed by atoms with Gasteiger partial charge in [0.05, 0.1) is 17.7 Å². The van der Waals surface area contributed by atoms with Crippen molar-refractivity contribution in [1.82, 2.24) is 9.55 Å². The summed E-state index contributed by atoms with van der Waals surface area (Å²) in [7, 11) is 0. The molecule has 100 valence electrons. The quantitative estimate of drug-likeness (QED) is 0.829. The number of rotatable bonds is 3. The predicted molar refractivity (Wildman–Crippen MR) is 78.5 cm³/mol. The molecule has 1 fully saturated rings. The van der Waals surface area contributed by atoms with Crippen molar-refractivity contribution in [3.8, 4) is 5.69 Å². The van der Waals surface area contributed by atoms with Crippen LogP contribution in [-0.4, -0.2) is 15.6 Å². The lowest BCUT2D eigenvalue weighted by Gasteiger charge is -2.25. The first-order chi connectivity index (χ1) is 9.33. The zero-order valence-electron chi connectivity index (χ0n) is 11.0. The fourth-order valence-corrected chi connectivity index (χ4v) is 2.71. The van der Waals surface area contributed by atoms with Crippen LogP contribution in [0.1, 0.15) is 32.1 Å². The standard InChI is InChI=1S/C15H20N4/c16-14-7-6-13(19-9-8-17-11-19)10-15(14)18-12-4-2-1-3-5-12/h6-12,18H,1-5,16H2. The van der Waals surface area contributed by atoms with Gasteiger partial charge in [0.15, 0.2) is 0 Å². The van der Waals surface area contributed by atoms with Crippen molar-refractivity contribution in [2.75, 3.05) is 11.1 Å². The summed E-state index contributed by atoms with van der Waals surface area (Å²) in [5.74, 6) is 0. The molecule has 3 N–H and O–H groups in total. The molecule has 0 atom stereocenters. The fourth-order valence-electron chi connectivity index (χ4n) is 2.71. The Morgan fingerprint density at radius 1 is 1.21 bits per heavy atom. The van der Waals surface area contributed by atoms with Crippen LogP contribution in [-0.2, 0) is 0 Å². The molecule has 0 saturated heterocycles. The zero-order valence-corrected chi connectivity index (χ0v) is 11.0. The van der Waals surface area contributed by atoms with Crippen molar-refractivity contribution in [2.45, 2.75) is 38.1 Å². The van der Waals surface area contributed by atoms with Gasteiger partial charge in [-0.05, 0) is 31.0 Å². The molecule has 0 spiro atoms. The average Bonchev–Trinajstić information content (AvgIpc) is 2.96. The Kier molecular flexibility index (Phi) is 3.40. The minimum absolute atomic E-state index is 0.564. The van der Waals surface area contributed by atoms with Gasteiger partial charge in [-0.15, -0.1) is 0 Å². The van der Waals surface area contributed by atoms with Gasteiger partial charge >= 0.3 is 0 Å². The number of hydrogen-bond acceptors (Lipinski definition) is 3. The maximum atomic E-state index is 6.07. The number of nitrogen functional groups attached to an aromatic ring is 1. The summed E-state index contributed by atoms with van der Waals surface area (Å²) in [4.78, 5) is 4.08. The second-order valence-corrected chi connectivity index (χ2v) is 5.22. The van der Waals surface area contributed by atoms with Gasteiger partial charge in [0, 0.05) is 24.1 Å². The molecule has 1 aliphatic carbocycles. The number of benzene rings is 1. The molecule has 3 rings (SSSR count). The number of nitrogens with zero attached hydrogens (tertiary/aromatic N) is 2. The van der Waals surface area contributed by atoms with Gasteiger partial charge in [0.25, 0.3) is 0 Å². The summed E-state index contributed by atoms with van der Waals surface area (Å²) in [6.07, 6.45) is 12.0. The van der Waals surface area contributed by atoms with Gasteiger partial charge in [-0.2, -0.15) is 0 Å². The van der Waals surface area contributed by atoms with Crippen LogP contribution in [0, 0.1) is 0 Å². The van der Waals surface area contributed by atoms with Crippen LogP contribution in [0.3, 0.4) is 0 Å². The van der Waals surface area contributed by atoms with Crippen molar-refractivity contribution >= 4 is 11.4 Å². The van der Waals surface area contributed by atoms with E-state index in [4.69, 9.17) is 5.73 Å². The summed E-state index contributed by atoms with van der Waals surface area (Å²) in [6.45, 7) is 0. The molecule has 1 saturated carbocycles. The third-order valence-electron chi connectivity index (χ3n) is 3.80. The lowest BCUT2D eigenvalue weighted by atomic mass is 9.95. The monoisotopic (exact) mass is 256 g/mol. The summed E-state index contributed by atoms with van der Waals surface area (Å²) in [6, 6.07) is 6.64. The number of imidazole rings is 1. The van der Waals surface area contributed by atoms with E-state index in [9.17, 15) is 0 Å². The Balaban J connectivity index is 1.81. The van der Waals surface area contributed by atoms with Crippen molar-refractivity contribution in [3.05, 3.63) is 36.9 Å². The summed E-state index contributed by atoms with van der Waals surface area (Å²) < 4.78 is 1.99. The van der Waals surface area contributed by atoms with Crippen LogP contribution in [0.25, 0.3) is 5.69 Å². The van der Waals surface area contributed by atoms with E-state index in [1.54, 1.807) is 12.5 Å². The van der Waals surface area contributed by atoms with E-state index in [2.05, 4.69) is 16.4 Å². The fraction of sp³-hybridized carbons (Fsp3) is 0.400. The first-order valence-corrected chi connectivity index (χ1v) is 6.97. The number of nitrogens with two attached hydrogens (primary N) is 1. The SMILES string of the molecule is Nc1ccc(-n2ccnc2)cc1NC1CCCCC1. The minimum atomic E-state index is 0.564. The first-order valence-electron chi connectivity index (χ1n) is 6.97. The van der Waals surface area contributed by atoms with Crippen LogP contribution in [0.15, 0.2) is 36.9 Å². The molecule has 0 bridgehead atoms. The van der Waals surface area contributed by atoms with E-state index in [-0.39, 0.29) is 0 Å². The van der Waals surface area contributed by atoms with Crippen LogP contribution in [0.5, 0.6) is 0 Å². The molecule has 4 nitrogen and oxygen atoms in total. The van der Waals surface area contributed by atoms with Crippen molar-refractivity contribution in [3.63, 3.8) is 0 Å². The maximum absolute atomic E-state index is 6.07. The number of aromatic nitrogens is 2. The first kappa shape index (κ1) is 12.1. The average molecular weight is 256 g/mol. The Morgan fingerprint density at radius 2 is 2.05 bits per heavy atom. The molecule has 1 aliphatic rings. The molecule has 1 heterocycles. The highest BCUT2D eigenvalue weighted by atomic mass is 15.0. The molecule has 0 unspecified atom stereocenters. The van der Waals surface area contributed by atoms with Crippen LogP contribution in [0.4, 0.5) is 11.4 Å². The summed E-state index contributed by atoms with van der Waals surface area (Å²) in [5.41, 5.74) is 9.01. The van der Waals surface area contributed by atoms with Crippen LogP contribution in [0.2, 0.25) is 0 Å². The van der Waals surface area contributed by atoms with Crippen molar-refractivity contribution < 1.29 is 0 Å². The number of anilines is 2. The van der Waals surface area contributed by atoms with Crippen molar-refractivity contribution in [2.24, 2.45) is 0 Å². The second kappa shape index (κ2) is 5.34. The third-order valence-corrected chi connectivity index (χ3v) is 3.80. The van der Waals surface area contributed by atoms with Crippen LogP contribution < -0.4 is 11.1 Å². The predicted octanol–water partition coefficient (Wildman–Crippen LogP) is 3.20. The highest BCUT2D eigenvalue weighted by molar-refractivity contribution is 5.69. The van der Waals surface area contributed by atoms with E-state index in [0.717, 1.165) is 17.1 Å². The molecule has 0 radical (unpaired) electrons. The second-order valence-electron chi connectivity index (χ2n) is 5.22. The molecular weight excluding hydrogens is 236 g/mol. The molecule has 0 amide bonds. The smallest absolute Gasteiger partial charge is 0.0991 e. The van der Waals surface area contributed by atoms with Gasteiger partial charge < -0.3 is 15.6 Å². The van der Waals surface area contributed by atoms with Gasteiger partial charge in [-0.25, -0.2) is 4.98 Å². The van der Waals surface area contributed by atoms with Gasteiger partial charge in [-0.3, -0.25) is 0 Å². The zero-order chi connectivity index (χ0) is 13.1. The maximum Gasteiger partial charge on any atom is 0.0991 e. The highest BCUT2D eigenvalue weighted by Crippen LogP contribution is 2.27. The normalized spacial score (nSPS) is 16.4. The molecule has 1 aromatic carbocycles. The lowest BCUT2D eigenvalue weighted by Crippen LogP contribution is -2.22. The van der Waals surface area contributed by atoms with E-state index in [1.165, 1.54) is 32.1 Å². The molecular formula is C15H20N4. The highest BCUT2D eigenvalue weighted by Gasteiger charge is 2.14. The van der Waals surface area contributed by atoms with E-state index in [1.807, 2.05) is 22.9 Å². The molecule has 0 aliphatic heterocycles. The Hall–Kier alpha value is -1.97. The Morgan fingerprint density at radius 3 is 2.79 bits per heavy atom. The largest absolute Gasteiger partial charge is 0.397 e. The van der Waals surface area contributed by atoms with Crippen LogP contribution >= 0.6 is 0 Å². The molecule has 2 aromatic rings. The molecule has 19 heavy (non-hydrogen) atoms. The number of hydrogen-bond donors (Lipinski definition) is 2. The van der Waals surface area contributed by atoms with Crippen molar-refractivity contribution in [1.29, 1.82) is 0 Å². The third kappa shape index (κ3) is 2.72. The van der Waals surface area contributed by atoms with E-state index < -0.39 is 0 Å². The topological polar surface area (TPSA) is 55.9 Å². The summed E-state index contributed by atoms with van der Waals surface area (Å²) >= 11 is 0. The van der Waals surface area contributed by atoms with E-state index in [0.29, 0.717) is 6.04 Å². The number of nitrogens with one attached hydrogen (secondary N) is 1. The van der Waals surface area contributed by atoms with Gasteiger partial charge in [0.1, 0.15) is 0 Å². The lowest BCUT2D eigenvalue weighted by molar-refractivity contribution is 0.463. The van der Waals surface area contributed by atoms with Gasteiger partial charge in [-0.1, -0.05) is 19.3 Å². The minimum Gasteiger partial charge on any atom is -0.397 e. The Bertz CT molecular complexity index is 527. The summed E-state index contributed by atoms with van der Waals surface area (Å²) in [5, 5.41) is 3.59.